The predicted molar refractivity (Wildman–Crippen MR) is 76.0 cm³/mol. The van der Waals surface area contributed by atoms with Crippen molar-refractivity contribution in [3.63, 3.8) is 0 Å². The minimum atomic E-state index is -0.733. The van der Waals surface area contributed by atoms with E-state index in [2.05, 4.69) is 41.4 Å². The van der Waals surface area contributed by atoms with Crippen LogP contribution in [-0.4, -0.2) is 36.4 Å². The summed E-state index contributed by atoms with van der Waals surface area (Å²) >= 11 is 0. The third-order valence-corrected chi connectivity index (χ3v) is 3.56. The summed E-state index contributed by atoms with van der Waals surface area (Å²) in [6.07, 6.45) is 1.74. The van der Waals surface area contributed by atoms with Crippen LogP contribution < -0.4 is 10.2 Å². The van der Waals surface area contributed by atoms with Crippen molar-refractivity contribution in [2.45, 2.75) is 19.5 Å². The van der Waals surface area contributed by atoms with Gasteiger partial charge >= 0.3 is 0 Å². The first-order valence-electron chi connectivity index (χ1n) is 5.78. The lowest BCUT2D eigenvalue weighted by Gasteiger charge is -2.14. The summed E-state index contributed by atoms with van der Waals surface area (Å²) < 4.78 is 11.1. The van der Waals surface area contributed by atoms with Gasteiger partial charge in [0, 0.05) is 55.2 Å². The summed E-state index contributed by atoms with van der Waals surface area (Å²) in [5.74, 6) is 0.704. The Bertz CT molecular complexity index is 362. The number of hydrogen-bond donors (Lipinski definition) is 1. The Morgan fingerprint density at radius 3 is 2.35 bits per heavy atom. The minimum absolute atomic E-state index is 0.286. The van der Waals surface area contributed by atoms with Gasteiger partial charge in [0.1, 0.15) is 0 Å². The van der Waals surface area contributed by atoms with Crippen LogP contribution in [0.25, 0.3) is 0 Å². The second-order valence-electron chi connectivity index (χ2n) is 4.58. The fourth-order valence-corrected chi connectivity index (χ4v) is 2.44. The molecule has 1 aromatic carbocycles. The van der Waals surface area contributed by atoms with Crippen molar-refractivity contribution in [3.05, 3.63) is 29.8 Å². The molecule has 17 heavy (non-hydrogen) atoms. The highest BCUT2D eigenvalue weighted by Crippen LogP contribution is 2.12. The summed E-state index contributed by atoms with van der Waals surface area (Å²) in [5.41, 5.74) is 2.46. The smallest absolute Gasteiger partial charge is 0.0383 e. The lowest BCUT2D eigenvalue weighted by atomic mass is 10.2. The predicted octanol–water partition coefficient (Wildman–Crippen LogP) is 1.61. The van der Waals surface area contributed by atoms with Crippen LogP contribution in [0.2, 0.25) is 0 Å². The fraction of sp³-hybridized carbons (Fsp3) is 0.538. The van der Waals surface area contributed by atoms with Crippen molar-refractivity contribution < 1.29 is 4.21 Å². The number of rotatable bonds is 6. The van der Waals surface area contributed by atoms with E-state index in [4.69, 9.17) is 0 Å². The Labute approximate surface area is 107 Å². The molecule has 0 heterocycles. The van der Waals surface area contributed by atoms with Gasteiger partial charge in [-0.05, 0) is 24.6 Å². The normalized spacial score (nSPS) is 14.4. The van der Waals surface area contributed by atoms with Crippen LogP contribution >= 0.6 is 0 Å². The molecule has 0 bridgehead atoms. The third-order valence-electron chi connectivity index (χ3n) is 2.59. The molecule has 2 atom stereocenters. The van der Waals surface area contributed by atoms with Gasteiger partial charge in [-0.2, -0.15) is 0 Å². The Kier molecular flexibility index (Phi) is 5.65. The zero-order chi connectivity index (χ0) is 12.8. The topological polar surface area (TPSA) is 32.3 Å². The molecule has 1 N–H and O–H groups in total. The molecule has 0 aliphatic heterocycles. The second-order valence-corrected chi connectivity index (χ2v) is 6.06. The van der Waals surface area contributed by atoms with E-state index in [1.807, 2.05) is 14.1 Å². The van der Waals surface area contributed by atoms with Gasteiger partial charge in [0.15, 0.2) is 0 Å². The second kappa shape index (κ2) is 6.77. The van der Waals surface area contributed by atoms with Crippen molar-refractivity contribution in [2.24, 2.45) is 0 Å². The molecule has 1 aromatic rings. The molecule has 0 amide bonds. The standard InChI is InChI=1S/C13H22N2OS/c1-11(10-17(4)16)14-9-12-5-7-13(8-6-12)15(2)3/h5-8,11,14H,9-10H2,1-4H3. The van der Waals surface area contributed by atoms with Crippen molar-refractivity contribution in [1.82, 2.24) is 5.32 Å². The zero-order valence-electron chi connectivity index (χ0n) is 11.1. The van der Waals surface area contributed by atoms with Gasteiger partial charge in [0.05, 0.1) is 0 Å². The van der Waals surface area contributed by atoms with Gasteiger partial charge in [0.25, 0.3) is 0 Å². The average molecular weight is 254 g/mol. The molecule has 1 rings (SSSR count). The number of benzene rings is 1. The van der Waals surface area contributed by atoms with Crippen LogP contribution in [0.1, 0.15) is 12.5 Å². The number of nitrogens with zero attached hydrogens (tertiary/aromatic N) is 1. The highest BCUT2D eigenvalue weighted by atomic mass is 32.2. The van der Waals surface area contributed by atoms with Crippen LogP contribution in [0, 0.1) is 0 Å². The van der Waals surface area contributed by atoms with E-state index in [1.165, 1.54) is 11.3 Å². The quantitative estimate of drug-likeness (QED) is 0.837. The molecule has 0 saturated carbocycles. The highest BCUT2D eigenvalue weighted by Gasteiger charge is 2.03. The van der Waals surface area contributed by atoms with E-state index in [-0.39, 0.29) is 6.04 Å². The van der Waals surface area contributed by atoms with Crippen molar-refractivity contribution in [3.8, 4) is 0 Å². The maximum Gasteiger partial charge on any atom is 0.0383 e. The molecule has 3 nitrogen and oxygen atoms in total. The third kappa shape index (κ3) is 5.33. The number of anilines is 1. The van der Waals surface area contributed by atoms with Gasteiger partial charge in [-0.25, -0.2) is 0 Å². The molecule has 96 valence electrons. The van der Waals surface area contributed by atoms with Crippen LogP contribution in [0.5, 0.6) is 0 Å². The van der Waals surface area contributed by atoms with Crippen molar-refractivity contribution in [2.75, 3.05) is 31.0 Å². The molecule has 0 aliphatic carbocycles. The first kappa shape index (κ1) is 14.2. The summed E-state index contributed by atoms with van der Waals surface area (Å²) in [6, 6.07) is 8.75. The Balaban J connectivity index is 2.44. The Morgan fingerprint density at radius 1 is 1.29 bits per heavy atom. The van der Waals surface area contributed by atoms with Gasteiger partial charge in [-0.3, -0.25) is 4.21 Å². The van der Waals surface area contributed by atoms with Crippen LogP contribution in [0.4, 0.5) is 5.69 Å². The molecule has 4 heteroatoms. The van der Waals surface area contributed by atoms with Crippen molar-refractivity contribution in [1.29, 1.82) is 0 Å². The maximum absolute atomic E-state index is 11.1. The summed E-state index contributed by atoms with van der Waals surface area (Å²) in [5, 5.41) is 3.37. The Hall–Kier alpha value is -0.870. The first-order valence-corrected chi connectivity index (χ1v) is 7.51. The maximum atomic E-state index is 11.1. The molecule has 0 aromatic heterocycles. The first-order chi connectivity index (χ1) is 7.99. The lowest BCUT2D eigenvalue weighted by molar-refractivity contribution is 0.587. The average Bonchev–Trinajstić information content (AvgIpc) is 2.26. The number of nitrogens with one attached hydrogen (secondary N) is 1. The van der Waals surface area contributed by atoms with Crippen LogP contribution in [-0.2, 0) is 17.3 Å². The molecule has 2 unspecified atom stereocenters. The molecular formula is C13H22N2OS. The van der Waals surface area contributed by atoms with E-state index in [1.54, 1.807) is 6.26 Å². The molecule has 0 spiro atoms. The van der Waals surface area contributed by atoms with Gasteiger partial charge in [-0.15, -0.1) is 0 Å². The fourth-order valence-electron chi connectivity index (χ4n) is 1.62. The largest absolute Gasteiger partial charge is 0.378 e. The minimum Gasteiger partial charge on any atom is -0.378 e. The lowest BCUT2D eigenvalue weighted by Crippen LogP contribution is -2.30. The molecular weight excluding hydrogens is 232 g/mol. The van der Waals surface area contributed by atoms with Gasteiger partial charge < -0.3 is 10.2 Å². The van der Waals surface area contributed by atoms with E-state index in [0.717, 1.165) is 6.54 Å². The van der Waals surface area contributed by atoms with Crippen LogP contribution in [0.3, 0.4) is 0 Å². The monoisotopic (exact) mass is 254 g/mol. The van der Waals surface area contributed by atoms with Crippen LogP contribution in [0.15, 0.2) is 24.3 Å². The van der Waals surface area contributed by atoms with E-state index in [0.29, 0.717) is 5.75 Å². The van der Waals surface area contributed by atoms with E-state index < -0.39 is 10.8 Å². The molecule has 0 radical (unpaired) electrons. The molecule has 0 aliphatic rings. The molecule has 0 saturated heterocycles. The van der Waals surface area contributed by atoms with Gasteiger partial charge in [-0.1, -0.05) is 12.1 Å². The summed E-state index contributed by atoms with van der Waals surface area (Å²) in [7, 11) is 3.33. The SMILES string of the molecule is CC(CS(C)=O)NCc1ccc(N(C)C)cc1. The van der Waals surface area contributed by atoms with Crippen molar-refractivity contribution >= 4 is 16.5 Å². The highest BCUT2D eigenvalue weighted by molar-refractivity contribution is 7.84. The van der Waals surface area contributed by atoms with E-state index >= 15 is 0 Å². The number of hydrogen-bond acceptors (Lipinski definition) is 3. The van der Waals surface area contributed by atoms with Gasteiger partial charge in [0.2, 0.25) is 0 Å². The molecule has 0 fully saturated rings. The zero-order valence-corrected chi connectivity index (χ0v) is 11.9. The summed E-state index contributed by atoms with van der Waals surface area (Å²) in [6.45, 7) is 2.89. The van der Waals surface area contributed by atoms with E-state index in [9.17, 15) is 4.21 Å². The Morgan fingerprint density at radius 2 is 1.88 bits per heavy atom. The summed E-state index contributed by atoms with van der Waals surface area (Å²) in [4.78, 5) is 2.08.